The minimum Gasteiger partial charge on any atom is -0.399 e. The van der Waals surface area contributed by atoms with Crippen LogP contribution in [0.3, 0.4) is 0 Å². The second-order valence-corrected chi connectivity index (χ2v) is 4.73. The van der Waals surface area contributed by atoms with Crippen LogP contribution in [0.25, 0.3) is 0 Å². The van der Waals surface area contributed by atoms with Gasteiger partial charge in [0, 0.05) is 11.4 Å². The van der Waals surface area contributed by atoms with Gasteiger partial charge in [0.05, 0.1) is 0 Å². The third-order valence-corrected chi connectivity index (χ3v) is 2.71. The Bertz CT molecular complexity index is 553. The minimum atomic E-state index is -0.178. The summed E-state index contributed by atoms with van der Waals surface area (Å²) in [4.78, 5) is 10.8. The summed E-state index contributed by atoms with van der Waals surface area (Å²) in [7, 11) is 0. The molecule has 1 amide bonds. The summed E-state index contributed by atoms with van der Waals surface area (Å²) in [6.45, 7) is 3.99. The van der Waals surface area contributed by atoms with Gasteiger partial charge in [0.25, 0.3) is 0 Å². The Morgan fingerprint density at radius 1 is 1.10 bits per heavy atom. The van der Waals surface area contributed by atoms with Gasteiger partial charge in [-0.25, -0.2) is 0 Å². The number of hydrogen-bond acceptors (Lipinski definition) is 2. The predicted molar refractivity (Wildman–Crippen MR) is 86.1 cm³/mol. The Kier molecular flexibility index (Phi) is 6.60. The summed E-state index contributed by atoms with van der Waals surface area (Å²) in [6.07, 6.45) is 0. The van der Waals surface area contributed by atoms with Gasteiger partial charge in [0.1, 0.15) is 5.88 Å². The molecule has 0 unspecified atom stereocenters. The van der Waals surface area contributed by atoms with Crippen molar-refractivity contribution in [1.82, 2.24) is 0 Å². The lowest BCUT2D eigenvalue weighted by molar-refractivity contribution is -0.113. The second-order valence-electron chi connectivity index (χ2n) is 4.47. The van der Waals surface area contributed by atoms with Crippen molar-refractivity contribution in [2.75, 3.05) is 16.9 Å². The summed E-state index contributed by atoms with van der Waals surface area (Å²) in [6, 6.07) is 15.4. The van der Waals surface area contributed by atoms with Gasteiger partial charge in [-0.3, -0.25) is 4.79 Å². The first-order valence-corrected chi connectivity index (χ1v) is 6.79. The minimum absolute atomic E-state index is 0.00601. The number of amides is 1. The summed E-state index contributed by atoms with van der Waals surface area (Å²) in [5.41, 5.74) is 9.42. The van der Waals surface area contributed by atoms with Crippen LogP contribution < -0.4 is 11.1 Å². The van der Waals surface area contributed by atoms with Crippen LogP contribution in [0.1, 0.15) is 11.1 Å². The van der Waals surface area contributed by atoms with Gasteiger partial charge in [-0.1, -0.05) is 24.3 Å². The van der Waals surface area contributed by atoms with Crippen molar-refractivity contribution < 1.29 is 4.79 Å². The molecule has 0 saturated carbocycles. The van der Waals surface area contributed by atoms with Crippen LogP contribution in [-0.4, -0.2) is 11.8 Å². The highest BCUT2D eigenvalue weighted by Gasteiger charge is 1.98. The first-order chi connectivity index (χ1) is 9.51. The van der Waals surface area contributed by atoms with E-state index in [9.17, 15) is 4.79 Å². The van der Waals surface area contributed by atoms with Crippen molar-refractivity contribution in [2.45, 2.75) is 13.8 Å². The van der Waals surface area contributed by atoms with E-state index >= 15 is 0 Å². The molecule has 0 aliphatic heterocycles. The number of anilines is 2. The quantitative estimate of drug-likeness (QED) is 0.654. The van der Waals surface area contributed by atoms with Gasteiger partial charge in [-0.15, -0.1) is 11.6 Å². The van der Waals surface area contributed by atoms with Gasteiger partial charge < -0.3 is 11.1 Å². The molecule has 3 N–H and O–H groups in total. The molecule has 2 rings (SSSR count). The lowest BCUT2D eigenvalue weighted by Gasteiger charge is -2.02. The molecule has 0 heterocycles. The van der Waals surface area contributed by atoms with Crippen LogP contribution >= 0.6 is 11.6 Å². The van der Waals surface area contributed by atoms with Crippen LogP contribution in [0.5, 0.6) is 0 Å². The van der Waals surface area contributed by atoms with Crippen molar-refractivity contribution in [3.05, 3.63) is 59.7 Å². The SMILES string of the molecule is Cc1cccc(N)c1.Cc1cccc(NC(=O)CCl)c1. The third kappa shape index (κ3) is 6.25. The highest BCUT2D eigenvalue weighted by Crippen LogP contribution is 2.09. The topological polar surface area (TPSA) is 55.1 Å². The standard InChI is InChI=1S/C9H10ClNO.C7H9N/c1-7-3-2-4-8(5-7)11-9(12)6-10;1-6-3-2-4-7(8)5-6/h2-5H,6H2,1H3,(H,11,12);2-5H,8H2,1H3. The van der Waals surface area contributed by atoms with Crippen LogP contribution in [-0.2, 0) is 4.79 Å². The molecular formula is C16H19ClN2O. The van der Waals surface area contributed by atoms with Crippen LogP contribution in [0, 0.1) is 13.8 Å². The molecule has 0 spiro atoms. The number of nitrogen functional groups attached to an aromatic ring is 1. The Hall–Kier alpha value is -2.00. The molecule has 0 aliphatic carbocycles. The maximum atomic E-state index is 10.8. The van der Waals surface area contributed by atoms with E-state index in [1.165, 1.54) is 5.56 Å². The number of nitrogens with two attached hydrogens (primary N) is 1. The molecule has 0 saturated heterocycles. The van der Waals surface area contributed by atoms with Gasteiger partial charge in [0.15, 0.2) is 0 Å². The van der Waals surface area contributed by atoms with Crippen molar-refractivity contribution in [3.8, 4) is 0 Å². The number of benzene rings is 2. The van der Waals surface area contributed by atoms with E-state index in [2.05, 4.69) is 5.32 Å². The fourth-order valence-electron chi connectivity index (χ4n) is 1.59. The number of carbonyl (C=O) groups is 1. The molecule has 3 nitrogen and oxygen atoms in total. The van der Waals surface area contributed by atoms with E-state index in [0.717, 1.165) is 16.9 Å². The number of carbonyl (C=O) groups excluding carboxylic acids is 1. The summed E-state index contributed by atoms with van der Waals surface area (Å²) < 4.78 is 0. The molecule has 0 atom stereocenters. The predicted octanol–water partition coefficient (Wildman–Crippen LogP) is 3.75. The van der Waals surface area contributed by atoms with Crippen molar-refractivity contribution in [3.63, 3.8) is 0 Å². The number of hydrogen-bond donors (Lipinski definition) is 2. The summed E-state index contributed by atoms with van der Waals surface area (Å²) in [5.74, 6) is -0.184. The number of alkyl halides is 1. The summed E-state index contributed by atoms with van der Waals surface area (Å²) in [5, 5.41) is 2.66. The maximum Gasteiger partial charge on any atom is 0.239 e. The Morgan fingerprint density at radius 3 is 2.15 bits per heavy atom. The zero-order valence-electron chi connectivity index (χ0n) is 11.7. The third-order valence-electron chi connectivity index (χ3n) is 2.47. The van der Waals surface area contributed by atoms with Gasteiger partial charge in [-0.05, 0) is 49.2 Å². The van der Waals surface area contributed by atoms with E-state index in [1.807, 2.05) is 62.4 Å². The number of halogens is 1. The molecule has 0 aromatic heterocycles. The second kappa shape index (κ2) is 8.23. The first kappa shape index (κ1) is 16.1. The van der Waals surface area contributed by atoms with E-state index in [-0.39, 0.29) is 11.8 Å². The average molecular weight is 291 g/mol. The Morgan fingerprint density at radius 2 is 1.70 bits per heavy atom. The van der Waals surface area contributed by atoms with Gasteiger partial charge in [0.2, 0.25) is 5.91 Å². The Labute approximate surface area is 124 Å². The fourth-order valence-corrected chi connectivity index (χ4v) is 1.65. The van der Waals surface area contributed by atoms with Crippen LogP contribution in [0.2, 0.25) is 0 Å². The zero-order chi connectivity index (χ0) is 15.0. The van der Waals surface area contributed by atoms with Crippen molar-refractivity contribution in [1.29, 1.82) is 0 Å². The first-order valence-electron chi connectivity index (χ1n) is 6.26. The van der Waals surface area contributed by atoms with E-state index < -0.39 is 0 Å². The van der Waals surface area contributed by atoms with Crippen molar-refractivity contribution in [2.24, 2.45) is 0 Å². The summed E-state index contributed by atoms with van der Waals surface area (Å²) >= 11 is 5.33. The molecule has 4 heteroatoms. The van der Waals surface area contributed by atoms with E-state index in [1.54, 1.807) is 0 Å². The molecular weight excluding hydrogens is 272 g/mol. The maximum absolute atomic E-state index is 10.8. The fraction of sp³-hybridized carbons (Fsp3) is 0.188. The largest absolute Gasteiger partial charge is 0.399 e. The lowest BCUT2D eigenvalue weighted by atomic mass is 10.2. The van der Waals surface area contributed by atoms with Crippen LogP contribution in [0.4, 0.5) is 11.4 Å². The Balaban J connectivity index is 0.000000217. The number of rotatable bonds is 2. The molecule has 0 fully saturated rings. The lowest BCUT2D eigenvalue weighted by Crippen LogP contribution is -2.12. The van der Waals surface area contributed by atoms with Gasteiger partial charge in [-0.2, -0.15) is 0 Å². The highest BCUT2D eigenvalue weighted by atomic mass is 35.5. The normalized spacial score (nSPS) is 9.35. The van der Waals surface area contributed by atoms with E-state index in [4.69, 9.17) is 17.3 Å². The highest BCUT2D eigenvalue weighted by molar-refractivity contribution is 6.29. The molecule has 106 valence electrons. The molecule has 2 aromatic carbocycles. The molecule has 20 heavy (non-hydrogen) atoms. The van der Waals surface area contributed by atoms with Crippen molar-refractivity contribution >= 4 is 28.9 Å². The number of nitrogens with one attached hydrogen (secondary N) is 1. The molecule has 0 radical (unpaired) electrons. The van der Waals surface area contributed by atoms with Gasteiger partial charge >= 0.3 is 0 Å². The van der Waals surface area contributed by atoms with Crippen LogP contribution in [0.15, 0.2) is 48.5 Å². The molecule has 0 aliphatic rings. The smallest absolute Gasteiger partial charge is 0.239 e. The average Bonchev–Trinajstić information content (AvgIpc) is 2.39. The number of aryl methyl sites for hydroxylation is 2. The monoisotopic (exact) mass is 290 g/mol. The zero-order valence-corrected chi connectivity index (χ0v) is 12.4. The van der Waals surface area contributed by atoms with E-state index in [0.29, 0.717) is 0 Å². The molecule has 0 bridgehead atoms. The molecule has 2 aromatic rings.